The topological polar surface area (TPSA) is 84.3 Å². The van der Waals surface area contributed by atoms with Crippen LogP contribution in [0.3, 0.4) is 0 Å². The summed E-state index contributed by atoms with van der Waals surface area (Å²) in [5.74, 6) is -0.543. The Bertz CT molecular complexity index is 1330. The third kappa shape index (κ3) is 5.86. The Morgan fingerprint density at radius 1 is 1.02 bits per heavy atom. The highest BCUT2D eigenvalue weighted by Crippen LogP contribution is 2.48. The summed E-state index contributed by atoms with van der Waals surface area (Å²) in [6.07, 6.45) is -12.1. The zero-order valence-electron chi connectivity index (χ0n) is 22.9. The Morgan fingerprint density at radius 2 is 1.62 bits per heavy atom. The largest absolute Gasteiger partial charge is 0.465 e. The van der Waals surface area contributed by atoms with Crippen molar-refractivity contribution in [2.75, 3.05) is 13.6 Å². The number of carbonyl (C=O) groups excluding carboxylic acids is 1. The van der Waals surface area contributed by atoms with E-state index in [2.05, 4.69) is 0 Å². The molecule has 1 spiro atoms. The van der Waals surface area contributed by atoms with Gasteiger partial charge in [-0.2, -0.15) is 26.3 Å². The molecule has 1 unspecified atom stereocenters. The predicted octanol–water partition coefficient (Wildman–Crippen LogP) is 6.95. The van der Waals surface area contributed by atoms with Crippen molar-refractivity contribution < 1.29 is 50.5 Å². The number of benzene rings is 2. The van der Waals surface area contributed by atoms with Gasteiger partial charge in [-0.1, -0.05) is 6.07 Å². The molecule has 2 aromatic rings. The fraction of sp³-hybridized carbons (Fsp3) is 0.500. The number of urea groups is 1. The van der Waals surface area contributed by atoms with E-state index in [4.69, 9.17) is 0 Å². The first-order chi connectivity index (χ1) is 19.4. The molecule has 230 valence electrons. The molecule has 0 radical (unpaired) electrons. The van der Waals surface area contributed by atoms with Crippen LogP contribution in [-0.4, -0.2) is 62.4 Å². The zero-order valence-corrected chi connectivity index (χ0v) is 22.9. The number of carbonyl (C=O) groups is 2. The van der Waals surface area contributed by atoms with Crippen molar-refractivity contribution in [1.29, 1.82) is 0 Å². The fourth-order valence-electron chi connectivity index (χ4n) is 6.13. The molecule has 2 aromatic carbocycles. The summed E-state index contributed by atoms with van der Waals surface area (Å²) in [5.41, 5.74) is -3.48. The first-order valence-corrected chi connectivity index (χ1v) is 13.1. The Balaban J connectivity index is 1.72. The summed E-state index contributed by atoms with van der Waals surface area (Å²) >= 11 is 0. The van der Waals surface area contributed by atoms with E-state index in [0.29, 0.717) is 29.7 Å². The van der Waals surface area contributed by atoms with E-state index >= 15 is 0 Å². The molecule has 4 atom stereocenters. The van der Waals surface area contributed by atoms with Crippen molar-refractivity contribution in [2.45, 2.75) is 75.7 Å². The molecule has 3 amide bonds. The normalized spacial score (nSPS) is 23.8. The fourth-order valence-corrected chi connectivity index (χ4v) is 6.13. The first kappa shape index (κ1) is 31.4. The van der Waals surface area contributed by atoms with Gasteiger partial charge in [0.05, 0.1) is 28.7 Å². The van der Waals surface area contributed by atoms with Gasteiger partial charge in [0.25, 0.3) is 0 Å². The monoisotopic (exact) mass is 605 g/mol. The smallest absolute Gasteiger partial charge is 0.416 e. The highest BCUT2D eigenvalue weighted by molar-refractivity contribution is 5.76. The van der Waals surface area contributed by atoms with E-state index < -0.39 is 65.3 Å². The SMILES string of the molecule is Cc1cc(F)ccc1[C@H]1C[C@]2(CCC(O)N2C(=O)O)CCN1C(=O)N(C)[C@H](C)c1cc(C(F)(F)F)cc(C(F)(F)F)c1. The average molecular weight is 606 g/mol. The standard InChI is InChI=1S/C28H30F7N3O4/c1-15-10-20(29)4-5-21(15)22-14-26(7-6-23(39)38(26)25(41)42)8-9-37(22)24(40)36(3)16(2)17-11-18(27(30,31)32)13-19(12-17)28(33,34)35/h4-5,10-13,16,22-23,39H,6-9,14H2,1-3H3,(H,41,42)/t16-,22-,23?,26+/m1/s1. The number of aryl methyl sites for hydroxylation is 1. The number of rotatable bonds is 3. The highest BCUT2D eigenvalue weighted by atomic mass is 19.4. The molecule has 7 nitrogen and oxygen atoms in total. The number of nitrogens with zero attached hydrogens (tertiary/aromatic N) is 3. The van der Waals surface area contributed by atoms with E-state index in [1.165, 1.54) is 37.1 Å². The lowest BCUT2D eigenvalue weighted by molar-refractivity contribution is -0.143. The van der Waals surface area contributed by atoms with Crippen molar-refractivity contribution >= 4 is 12.1 Å². The van der Waals surface area contributed by atoms with Crippen LogP contribution in [0.5, 0.6) is 0 Å². The summed E-state index contributed by atoms with van der Waals surface area (Å²) in [4.78, 5) is 29.3. The van der Waals surface area contributed by atoms with Crippen molar-refractivity contribution in [3.05, 3.63) is 70.0 Å². The quantitative estimate of drug-likeness (QED) is 0.371. The second kappa shape index (κ2) is 10.9. The third-order valence-corrected chi connectivity index (χ3v) is 8.46. The lowest BCUT2D eigenvalue weighted by Crippen LogP contribution is -2.58. The molecule has 2 heterocycles. The van der Waals surface area contributed by atoms with Crippen molar-refractivity contribution in [3.8, 4) is 0 Å². The Morgan fingerprint density at radius 3 is 2.14 bits per heavy atom. The molecule has 2 aliphatic heterocycles. The molecule has 14 heteroatoms. The van der Waals surface area contributed by atoms with Crippen LogP contribution in [0.4, 0.5) is 40.3 Å². The molecule has 2 N–H and O–H groups in total. The minimum Gasteiger partial charge on any atom is -0.465 e. The molecule has 0 saturated carbocycles. The van der Waals surface area contributed by atoms with Gasteiger partial charge in [-0.05, 0) is 86.6 Å². The van der Waals surface area contributed by atoms with Crippen LogP contribution in [0.1, 0.15) is 72.5 Å². The predicted molar refractivity (Wildman–Crippen MR) is 136 cm³/mol. The van der Waals surface area contributed by atoms with Gasteiger partial charge in [-0.15, -0.1) is 0 Å². The molecule has 4 rings (SSSR count). The molecule has 2 saturated heterocycles. The van der Waals surface area contributed by atoms with E-state index in [1.54, 1.807) is 6.92 Å². The number of aliphatic hydroxyl groups is 1. The lowest BCUT2D eigenvalue weighted by Gasteiger charge is -2.50. The van der Waals surface area contributed by atoms with Crippen LogP contribution in [-0.2, 0) is 12.4 Å². The number of aliphatic hydroxyl groups excluding tert-OH is 1. The van der Waals surface area contributed by atoms with Crippen LogP contribution in [0.15, 0.2) is 36.4 Å². The van der Waals surface area contributed by atoms with Crippen molar-refractivity contribution in [3.63, 3.8) is 0 Å². The maximum absolute atomic E-state index is 14.0. The van der Waals surface area contributed by atoms with Crippen molar-refractivity contribution in [2.24, 2.45) is 0 Å². The summed E-state index contributed by atoms with van der Waals surface area (Å²) in [6.45, 7) is 2.87. The minimum atomic E-state index is -5.06. The Hall–Kier alpha value is -3.55. The van der Waals surface area contributed by atoms with Gasteiger partial charge in [-0.3, -0.25) is 4.90 Å². The summed E-state index contributed by atoms with van der Waals surface area (Å²) < 4.78 is 94.8. The molecule has 2 aliphatic rings. The number of halogens is 7. The molecule has 0 bridgehead atoms. The molecule has 2 fully saturated rings. The number of hydrogen-bond donors (Lipinski definition) is 2. The third-order valence-electron chi connectivity index (χ3n) is 8.46. The second-order valence-electron chi connectivity index (χ2n) is 11.0. The molecular formula is C28H30F7N3O4. The van der Waals surface area contributed by atoms with E-state index in [0.717, 1.165) is 9.80 Å². The molecule has 0 aromatic heterocycles. The lowest BCUT2D eigenvalue weighted by atomic mass is 9.78. The van der Waals surface area contributed by atoms with E-state index in [1.807, 2.05) is 0 Å². The maximum Gasteiger partial charge on any atom is 0.416 e. The van der Waals surface area contributed by atoms with Gasteiger partial charge in [0.2, 0.25) is 0 Å². The van der Waals surface area contributed by atoms with Crippen LogP contribution < -0.4 is 0 Å². The number of carboxylic acid groups (broad SMARTS) is 1. The number of piperidine rings is 1. The number of alkyl halides is 6. The van der Waals surface area contributed by atoms with Crippen LogP contribution >= 0.6 is 0 Å². The summed E-state index contributed by atoms with van der Waals surface area (Å²) in [6, 6.07) is 2.25. The number of hydrogen-bond acceptors (Lipinski definition) is 3. The van der Waals surface area contributed by atoms with Gasteiger partial charge in [0, 0.05) is 13.6 Å². The van der Waals surface area contributed by atoms with Gasteiger partial charge < -0.3 is 20.0 Å². The Labute approximate surface area is 237 Å². The molecule has 0 aliphatic carbocycles. The average Bonchev–Trinajstić information content (AvgIpc) is 3.21. The van der Waals surface area contributed by atoms with E-state index in [-0.39, 0.29) is 37.4 Å². The molecular weight excluding hydrogens is 575 g/mol. The van der Waals surface area contributed by atoms with E-state index in [9.17, 15) is 50.5 Å². The van der Waals surface area contributed by atoms with Crippen LogP contribution in [0.2, 0.25) is 0 Å². The zero-order chi connectivity index (χ0) is 31.4. The van der Waals surface area contributed by atoms with Crippen LogP contribution in [0.25, 0.3) is 0 Å². The Kier molecular flexibility index (Phi) is 8.17. The second-order valence-corrected chi connectivity index (χ2v) is 11.0. The highest BCUT2D eigenvalue weighted by Gasteiger charge is 2.53. The molecule has 42 heavy (non-hydrogen) atoms. The summed E-state index contributed by atoms with van der Waals surface area (Å²) in [7, 11) is 1.25. The first-order valence-electron chi connectivity index (χ1n) is 13.1. The summed E-state index contributed by atoms with van der Waals surface area (Å²) in [5, 5.41) is 20.2. The maximum atomic E-state index is 14.0. The number of likely N-dealkylation sites (tertiary alicyclic amines) is 2. The van der Waals surface area contributed by atoms with Gasteiger partial charge >= 0.3 is 24.5 Å². The van der Waals surface area contributed by atoms with Gasteiger partial charge in [0.1, 0.15) is 12.0 Å². The minimum absolute atomic E-state index is 0.0136. The van der Waals surface area contributed by atoms with Gasteiger partial charge in [-0.25, -0.2) is 14.0 Å². The van der Waals surface area contributed by atoms with Gasteiger partial charge in [0.15, 0.2) is 0 Å². The number of amides is 3. The van der Waals surface area contributed by atoms with Crippen molar-refractivity contribution in [1.82, 2.24) is 14.7 Å². The van der Waals surface area contributed by atoms with Crippen LogP contribution in [0, 0.1) is 12.7 Å².